The number of aryl methyl sites for hydroxylation is 2. The summed E-state index contributed by atoms with van der Waals surface area (Å²) in [7, 11) is 0. The van der Waals surface area contributed by atoms with Gasteiger partial charge in [-0.25, -0.2) is 0 Å². The summed E-state index contributed by atoms with van der Waals surface area (Å²) < 4.78 is 2.93. The molecule has 0 aliphatic rings. The molecule has 1 aromatic heterocycles. The minimum atomic E-state index is -0.135. The van der Waals surface area contributed by atoms with E-state index in [1.165, 1.54) is 5.56 Å². The van der Waals surface area contributed by atoms with Gasteiger partial charge < -0.3 is 5.73 Å². The predicted octanol–water partition coefficient (Wildman–Crippen LogP) is 3.02. The molecule has 0 saturated carbocycles. The minimum absolute atomic E-state index is 0.135. The lowest BCUT2D eigenvalue weighted by Crippen LogP contribution is -2.12. The molecule has 0 spiro atoms. The zero-order valence-corrected chi connectivity index (χ0v) is 11.6. The second kappa shape index (κ2) is 5.02. The summed E-state index contributed by atoms with van der Waals surface area (Å²) in [5.74, 6) is 0. The number of halogens is 1. The molecule has 17 heavy (non-hydrogen) atoms. The van der Waals surface area contributed by atoms with Crippen molar-refractivity contribution in [2.75, 3.05) is 0 Å². The predicted molar refractivity (Wildman–Crippen MR) is 72.8 cm³/mol. The minimum Gasteiger partial charge on any atom is -0.320 e. The van der Waals surface area contributed by atoms with Gasteiger partial charge in [0.15, 0.2) is 0 Å². The number of rotatable bonds is 3. The Hall–Kier alpha value is -1.13. The highest BCUT2D eigenvalue weighted by Gasteiger charge is 2.14. The fourth-order valence-electron chi connectivity index (χ4n) is 1.79. The first-order valence-corrected chi connectivity index (χ1v) is 6.45. The summed E-state index contributed by atoms with van der Waals surface area (Å²) in [4.78, 5) is 0. The van der Waals surface area contributed by atoms with E-state index in [-0.39, 0.29) is 6.04 Å². The molecule has 0 amide bonds. The first-order chi connectivity index (χ1) is 8.11. The van der Waals surface area contributed by atoms with Crippen molar-refractivity contribution in [2.45, 2.75) is 26.4 Å². The smallest absolute Gasteiger partial charge is 0.0594 e. The maximum absolute atomic E-state index is 6.27. The highest BCUT2D eigenvalue weighted by Crippen LogP contribution is 2.27. The molecule has 1 atom stereocenters. The van der Waals surface area contributed by atoms with Gasteiger partial charge in [-0.05, 0) is 25.5 Å². The van der Waals surface area contributed by atoms with Crippen LogP contribution in [0.1, 0.15) is 29.7 Å². The van der Waals surface area contributed by atoms with Crippen molar-refractivity contribution < 1.29 is 0 Å². The largest absolute Gasteiger partial charge is 0.320 e. The molecule has 0 fully saturated rings. The van der Waals surface area contributed by atoms with Crippen LogP contribution in [0, 0.1) is 6.92 Å². The van der Waals surface area contributed by atoms with Crippen molar-refractivity contribution >= 4 is 15.9 Å². The Kier molecular flexibility index (Phi) is 3.64. The van der Waals surface area contributed by atoms with Crippen LogP contribution in [0.5, 0.6) is 0 Å². The second-order valence-corrected chi connectivity index (χ2v) is 4.99. The van der Waals surface area contributed by atoms with Crippen molar-refractivity contribution in [3.8, 4) is 0 Å². The van der Waals surface area contributed by atoms with E-state index in [1.54, 1.807) is 0 Å². The molecule has 0 aliphatic carbocycles. The van der Waals surface area contributed by atoms with Crippen LogP contribution in [0.25, 0.3) is 0 Å². The second-order valence-electron chi connectivity index (χ2n) is 4.13. The number of nitrogens with two attached hydrogens (primary N) is 1. The van der Waals surface area contributed by atoms with Crippen LogP contribution >= 0.6 is 15.9 Å². The van der Waals surface area contributed by atoms with Gasteiger partial charge in [-0.1, -0.05) is 33.6 Å². The lowest BCUT2D eigenvalue weighted by molar-refractivity contribution is 0.658. The molecular formula is C13H16BrN3. The zero-order valence-electron chi connectivity index (χ0n) is 10.0. The van der Waals surface area contributed by atoms with Gasteiger partial charge in [0.25, 0.3) is 0 Å². The Balaban J connectivity index is 2.35. The first kappa shape index (κ1) is 12.3. The highest BCUT2D eigenvalue weighted by molar-refractivity contribution is 9.10. The van der Waals surface area contributed by atoms with Gasteiger partial charge in [-0.15, -0.1) is 0 Å². The number of nitrogens with zero attached hydrogens (tertiary/aromatic N) is 2. The molecule has 2 N–H and O–H groups in total. The van der Waals surface area contributed by atoms with Crippen molar-refractivity contribution in [1.82, 2.24) is 9.78 Å². The summed E-state index contributed by atoms with van der Waals surface area (Å²) >= 11 is 3.54. The molecule has 1 unspecified atom stereocenters. The van der Waals surface area contributed by atoms with Crippen LogP contribution in [0.2, 0.25) is 0 Å². The van der Waals surface area contributed by atoms with Crippen LogP contribution in [0.15, 0.2) is 35.1 Å². The van der Waals surface area contributed by atoms with Crippen LogP contribution in [-0.2, 0) is 6.54 Å². The molecule has 90 valence electrons. The molecule has 1 aromatic carbocycles. The molecule has 1 heterocycles. The molecular weight excluding hydrogens is 278 g/mol. The van der Waals surface area contributed by atoms with E-state index >= 15 is 0 Å². The van der Waals surface area contributed by atoms with Gasteiger partial charge in [-0.3, -0.25) is 4.68 Å². The Morgan fingerprint density at radius 2 is 2.24 bits per heavy atom. The molecule has 2 rings (SSSR count). The Morgan fingerprint density at radius 3 is 2.88 bits per heavy atom. The van der Waals surface area contributed by atoms with Gasteiger partial charge in [0.2, 0.25) is 0 Å². The van der Waals surface area contributed by atoms with Gasteiger partial charge in [0, 0.05) is 22.8 Å². The average Bonchev–Trinajstić information content (AvgIpc) is 2.80. The summed E-state index contributed by atoms with van der Waals surface area (Å²) in [5, 5.41) is 4.25. The van der Waals surface area contributed by atoms with Crippen molar-refractivity contribution in [1.29, 1.82) is 0 Å². The normalized spacial score (nSPS) is 12.7. The summed E-state index contributed by atoms with van der Waals surface area (Å²) in [6, 6.07) is 6.08. The average molecular weight is 294 g/mol. The summed E-state index contributed by atoms with van der Waals surface area (Å²) in [6.07, 6.45) is 3.84. The maximum atomic E-state index is 6.27. The number of hydrogen-bond donors (Lipinski definition) is 1. The Labute approximate surface area is 110 Å². The summed E-state index contributed by atoms with van der Waals surface area (Å²) in [6.45, 7) is 4.99. The van der Waals surface area contributed by atoms with Crippen LogP contribution in [0.3, 0.4) is 0 Å². The van der Waals surface area contributed by atoms with Crippen LogP contribution < -0.4 is 5.73 Å². The van der Waals surface area contributed by atoms with Gasteiger partial charge in [0.1, 0.15) is 0 Å². The quantitative estimate of drug-likeness (QED) is 0.945. The van der Waals surface area contributed by atoms with Crippen molar-refractivity contribution in [2.24, 2.45) is 5.73 Å². The molecule has 0 saturated heterocycles. The molecule has 0 aliphatic heterocycles. The number of aromatic nitrogens is 2. The standard InChI is InChI=1S/C13H16BrN3/c1-3-17-8-10(7-16-17)13(15)11-6-9(2)4-5-12(11)14/h4-8,13H,3,15H2,1-2H3. The first-order valence-electron chi connectivity index (χ1n) is 5.65. The lowest BCUT2D eigenvalue weighted by atomic mass is 10.0. The van der Waals surface area contributed by atoms with E-state index in [0.29, 0.717) is 0 Å². The molecule has 0 bridgehead atoms. The monoisotopic (exact) mass is 293 g/mol. The fourth-order valence-corrected chi connectivity index (χ4v) is 2.29. The Bertz CT molecular complexity index is 519. The summed E-state index contributed by atoms with van der Waals surface area (Å²) in [5.41, 5.74) is 9.62. The topological polar surface area (TPSA) is 43.8 Å². The number of hydrogen-bond acceptors (Lipinski definition) is 2. The van der Waals surface area contributed by atoms with E-state index in [2.05, 4.69) is 47.0 Å². The van der Waals surface area contributed by atoms with E-state index in [9.17, 15) is 0 Å². The van der Waals surface area contributed by atoms with Crippen molar-refractivity contribution in [3.05, 3.63) is 51.8 Å². The van der Waals surface area contributed by atoms with E-state index in [0.717, 1.165) is 22.1 Å². The van der Waals surface area contributed by atoms with E-state index in [4.69, 9.17) is 5.73 Å². The van der Waals surface area contributed by atoms with E-state index in [1.807, 2.05) is 23.1 Å². The maximum Gasteiger partial charge on any atom is 0.0594 e. The molecule has 0 radical (unpaired) electrons. The van der Waals surface area contributed by atoms with Gasteiger partial charge in [-0.2, -0.15) is 5.10 Å². The zero-order chi connectivity index (χ0) is 12.4. The van der Waals surface area contributed by atoms with E-state index < -0.39 is 0 Å². The lowest BCUT2D eigenvalue weighted by Gasteiger charge is -2.13. The Morgan fingerprint density at radius 1 is 1.47 bits per heavy atom. The molecule has 3 nitrogen and oxygen atoms in total. The third-order valence-electron chi connectivity index (χ3n) is 2.82. The SMILES string of the molecule is CCn1cc(C(N)c2cc(C)ccc2Br)cn1. The molecule has 4 heteroatoms. The number of benzene rings is 1. The van der Waals surface area contributed by atoms with Gasteiger partial charge in [0.05, 0.1) is 12.2 Å². The fraction of sp³-hybridized carbons (Fsp3) is 0.308. The third kappa shape index (κ3) is 2.58. The van der Waals surface area contributed by atoms with Crippen LogP contribution in [-0.4, -0.2) is 9.78 Å². The highest BCUT2D eigenvalue weighted by atomic mass is 79.9. The molecule has 2 aromatic rings. The van der Waals surface area contributed by atoms with Crippen molar-refractivity contribution in [3.63, 3.8) is 0 Å². The van der Waals surface area contributed by atoms with Gasteiger partial charge >= 0.3 is 0 Å². The van der Waals surface area contributed by atoms with Crippen LogP contribution in [0.4, 0.5) is 0 Å². The third-order valence-corrected chi connectivity index (χ3v) is 3.55.